The van der Waals surface area contributed by atoms with Gasteiger partial charge in [0, 0.05) is 38.0 Å². The van der Waals surface area contributed by atoms with Crippen molar-refractivity contribution in [2.24, 2.45) is 0 Å². The Morgan fingerprint density at radius 2 is 1.22 bits per heavy atom. The molecule has 0 atom stereocenters. The van der Waals surface area contributed by atoms with Gasteiger partial charge in [0.2, 0.25) is 0 Å². The fourth-order valence-corrected chi connectivity index (χ4v) is 4.86. The SMILES string of the molecule is Brc1cc(Br)c(Br)c(-c2c(Br)ccc(Br)c2Br)c1. The van der Waals surface area contributed by atoms with Crippen molar-refractivity contribution in [3.8, 4) is 11.1 Å². The Morgan fingerprint density at radius 1 is 0.611 bits per heavy atom. The van der Waals surface area contributed by atoms with E-state index in [1.807, 2.05) is 18.2 Å². The highest BCUT2D eigenvalue weighted by Crippen LogP contribution is 2.45. The molecule has 0 amide bonds. The second-order valence-electron chi connectivity index (χ2n) is 3.47. The number of rotatable bonds is 1. The number of hydrogen-bond donors (Lipinski definition) is 0. The van der Waals surface area contributed by atoms with E-state index in [-0.39, 0.29) is 0 Å². The molecular weight excluding hydrogens is 624 g/mol. The maximum absolute atomic E-state index is 3.62. The zero-order valence-corrected chi connectivity index (χ0v) is 18.1. The summed E-state index contributed by atoms with van der Waals surface area (Å²) < 4.78 is 6.11. The average molecular weight is 628 g/mol. The van der Waals surface area contributed by atoms with Gasteiger partial charge in [0.05, 0.1) is 0 Å². The first-order valence-corrected chi connectivity index (χ1v) is 9.46. The molecule has 94 valence electrons. The van der Waals surface area contributed by atoms with Gasteiger partial charge in [-0.2, -0.15) is 0 Å². The van der Waals surface area contributed by atoms with Gasteiger partial charge >= 0.3 is 0 Å². The van der Waals surface area contributed by atoms with Gasteiger partial charge in [0.25, 0.3) is 0 Å². The summed E-state index contributed by atoms with van der Waals surface area (Å²) in [6.07, 6.45) is 0. The van der Waals surface area contributed by atoms with Crippen LogP contribution in [-0.2, 0) is 0 Å². The van der Waals surface area contributed by atoms with Gasteiger partial charge in [-0.05, 0) is 88.0 Å². The molecule has 0 aliphatic rings. The molecule has 2 rings (SSSR count). The van der Waals surface area contributed by atoms with Crippen molar-refractivity contribution in [2.45, 2.75) is 0 Å². The maximum atomic E-state index is 3.62. The molecule has 6 heteroatoms. The van der Waals surface area contributed by atoms with Crippen LogP contribution in [-0.4, -0.2) is 0 Å². The number of halogens is 6. The lowest BCUT2D eigenvalue weighted by Gasteiger charge is -2.13. The molecule has 0 N–H and O–H groups in total. The van der Waals surface area contributed by atoms with Crippen molar-refractivity contribution in [2.75, 3.05) is 0 Å². The molecular formula is C12H4Br6. The van der Waals surface area contributed by atoms with E-state index in [4.69, 9.17) is 0 Å². The smallest absolute Gasteiger partial charge is 0.0407 e. The largest absolute Gasteiger partial charge is 0.0508 e. The van der Waals surface area contributed by atoms with E-state index in [9.17, 15) is 0 Å². The van der Waals surface area contributed by atoms with Gasteiger partial charge in [0.1, 0.15) is 0 Å². The Balaban J connectivity index is 2.81. The zero-order valence-electron chi connectivity index (χ0n) is 8.58. The minimum absolute atomic E-state index is 1.01. The molecule has 0 aromatic heterocycles. The highest BCUT2D eigenvalue weighted by Gasteiger charge is 2.15. The van der Waals surface area contributed by atoms with E-state index in [0.717, 1.165) is 38.0 Å². The van der Waals surface area contributed by atoms with Crippen molar-refractivity contribution in [1.29, 1.82) is 0 Å². The molecule has 0 nitrogen and oxygen atoms in total. The van der Waals surface area contributed by atoms with Crippen LogP contribution < -0.4 is 0 Å². The second-order valence-corrected chi connectivity index (χ2v) is 8.53. The van der Waals surface area contributed by atoms with E-state index in [1.165, 1.54) is 0 Å². The van der Waals surface area contributed by atoms with Gasteiger partial charge in [-0.3, -0.25) is 0 Å². The van der Waals surface area contributed by atoms with Crippen molar-refractivity contribution < 1.29 is 0 Å². The first-order chi connectivity index (χ1) is 8.41. The Bertz CT molecular complexity index is 620. The maximum Gasteiger partial charge on any atom is 0.0407 e. The van der Waals surface area contributed by atoms with E-state index in [2.05, 4.69) is 102 Å². The van der Waals surface area contributed by atoms with Crippen LogP contribution in [0.25, 0.3) is 11.1 Å². The third-order valence-electron chi connectivity index (χ3n) is 2.31. The third kappa shape index (κ3) is 3.14. The van der Waals surface area contributed by atoms with Crippen LogP contribution in [0.3, 0.4) is 0 Å². The topological polar surface area (TPSA) is 0 Å². The molecule has 2 aromatic rings. The summed E-state index contributed by atoms with van der Waals surface area (Å²) in [5.41, 5.74) is 2.19. The Labute approximate surface area is 156 Å². The molecule has 0 aliphatic carbocycles. The first-order valence-electron chi connectivity index (χ1n) is 4.70. The Kier molecular flexibility index (Phi) is 5.58. The molecule has 0 fully saturated rings. The van der Waals surface area contributed by atoms with Crippen LogP contribution in [0.15, 0.2) is 51.1 Å². The minimum atomic E-state index is 1.01. The van der Waals surface area contributed by atoms with E-state index < -0.39 is 0 Å². The molecule has 0 radical (unpaired) electrons. The second kappa shape index (κ2) is 6.39. The first kappa shape index (κ1) is 15.7. The number of benzene rings is 2. The summed E-state index contributed by atoms with van der Waals surface area (Å²) in [7, 11) is 0. The summed E-state index contributed by atoms with van der Waals surface area (Å²) in [6.45, 7) is 0. The summed E-state index contributed by atoms with van der Waals surface area (Å²) in [4.78, 5) is 0. The van der Waals surface area contributed by atoms with E-state index in [1.54, 1.807) is 0 Å². The summed E-state index contributed by atoms with van der Waals surface area (Å²) in [6, 6.07) is 8.10. The molecule has 0 bridgehead atoms. The monoisotopic (exact) mass is 622 g/mol. The van der Waals surface area contributed by atoms with Gasteiger partial charge in [-0.15, -0.1) is 0 Å². The average Bonchev–Trinajstić information content (AvgIpc) is 2.30. The van der Waals surface area contributed by atoms with Crippen molar-refractivity contribution in [3.05, 3.63) is 51.1 Å². The molecule has 0 saturated carbocycles. The predicted octanol–water partition coefficient (Wildman–Crippen LogP) is 7.93. The van der Waals surface area contributed by atoms with Crippen LogP contribution >= 0.6 is 95.6 Å². The lowest BCUT2D eigenvalue weighted by atomic mass is 10.1. The molecule has 0 heterocycles. The van der Waals surface area contributed by atoms with E-state index in [0.29, 0.717) is 0 Å². The van der Waals surface area contributed by atoms with Gasteiger partial charge in [-0.25, -0.2) is 0 Å². The predicted molar refractivity (Wildman–Crippen MR) is 98.1 cm³/mol. The Morgan fingerprint density at radius 3 is 1.89 bits per heavy atom. The highest BCUT2D eigenvalue weighted by molar-refractivity contribution is 9.13. The van der Waals surface area contributed by atoms with Gasteiger partial charge in [0.15, 0.2) is 0 Å². The van der Waals surface area contributed by atoms with Crippen LogP contribution in [0.5, 0.6) is 0 Å². The standard InChI is InChI=1S/C12H4Br6/c13-5-3-6(11(17)9(16)4-5)10-7(14)1-2-8(15)12(10)18/h1-4H. The quantitative estimate of drug-likeness (QED) is 0.282. The molecule has 2 aromatic carbocycles. The Hall–Kier alpha value is 1.32. The summed E-state index contributed by atoms with van der Waals surface area (Å²) >= 11 is 21.4. The summed E-state index contributed by atoms with van der Waals surface area (Å²) in [5.74, 6) is 0. The molecule has 0 aliphatic heterocycles. The van der Waals surface area contributed by atoms with Crippen molar-refractivity contribution >= 4 is 95.6 Å². The molecule has 18 heavy (non-hydrogen) atoms. The zero-order chi connectivity index (χ0) is 13.4. The fraction of sp³-hybridized carbons (Fsp3) is 0. The molecule has 0 unspecified atom stereocenters. The van der Waals surface area contributed by atoms with Crippen LogP contribution in [0, 0.1) is 0 Å². The molecule has 0 spiro atoms. The van der Waals surface area contributed by atoms with Crippen molar-refractivity contribution in [1.82, 2.24) is 0 Å². The van der Waals surface area contributed by atoms with E-state index >= 15 is 0 Å². The summed E-state index contributed by atoms with van der Waals surface area (Å²) in [5, 5.41) is 0. The van der Waals surface area contributed by atoms with Crippen LogP contribution in [0.1, 0.15) is 0 Å². The van der Waals surface area contributed by atoms with Crippen LogP contribution in [0.2, 0.25) is 0 Å². The normalized spacial score (nSPS) is 10.8. The van der Waals surface area contributed by atoms with Crippen LogP contribution in [0.4, 0.5) is 0 Å². The third-order valence-corrected chi connectivity index (χ3v) is 7.45. The van der Waals surface area contributed by atoms with Gasteiger partial charge < -0.3 is 0 Å². The highest BCUT2D eigenvalue weighted by atomic mass is 79.9. The van der Waals surface area contributed by atoms with Gasteiger partial charge in [-0.1, -0.05) is 31.9 Å². The minimum Gasteiger partial charge on any atom is -0.0508 e. The fourth-order valence-electron chi connectivity index (χ4n) is 1.51. The molecule has 0 saturated heterocycles. The lowest BCUT2D eigenvalue weighted by molar-refractivity contribution is 1.47. The lowest BCUT2D eigenvalue weighted by Crippen LogP contribution is -1.87. The van der Waals surface area contributed by atoms with Crippen molar-refractivity contribution in [3.63, 3.8) is 0 Å². The number of hydrogen-bond acceptors (Lipinski definition) is 0.